The summed E-state index contributed by atoms with van der Waals surface area (Å²) in [7, 11) is 0. The predicted molar refractivity (Wildman–Crippen MR) is 63.2 cm³/mol. The van der Waals surface area contributed by atoms with Crippen LogP contribution in [-0.4, -0.2) is 16.9 Å². The zero-order valence-corrected chi connectivity index (χ0v) is 10.2. The highest BCUT2D eigenvalue weighted by molar-refractivity contribution is 6.12. The summed E-state index contributed by atoms with van der Waals surface area (Å²) < 4.78 is 5.49. The number of allylic oxidation sites excluding steroid dienone is 4. The molecule has 0 unspecified atom stereocenters. The average Bonchev–Trinajstić information content (AvgIpc) is 2.53. The molecule has 1 N–H and O–H groups in total. The van der Waals surface area contributed by atoms with E-state index in [0.717, 1.165) is 18.1 Å². The third-order valence-corrected chi connectivity index (χ3v) is 2.30. The third kappa shape index (κ3) is 3.06. The van der Waals surface area contributed by atoms with Crippen molar-refractivity contribution in [1.29, 1.82) is 0 Å². The fraction of sp³-hybridized carbons (Fsp3) is 0.385. The van der Waals surface area contributed by atoms with Gasteiger partial charge in [-0.05, 0) is 31.9 Å². The third-order valence-electron chi connectivity index (χ3n) is 2.30. The molecule has 0 saturated carbocycles. The second-order valence-corrected chi connectivity index (χ2v) is 4.02. The SMILES string of the molecule is CCCC1=C(C=CC(=O)O)C(=O)C(=C(C)C)O1. The number of Topliss-reactive ketones (excluding diaryl/α,β-unsaturated/α-hetero) is 1. The number of ketones is 1. The van der Waals surface area contributed by atoms with Crippen molar-refractivity contribution >= 4 is 11.8 Å². The minimum Gasteiger partial charge on any atom is -0.478 e. The molecule has 1 rings (SSSR count). The standard InChI is InChI=1S/C13H16O4/c1-4-5-10-9(6-7-11(14)15)12(16)13(17-10)8(2)3/h6-7H,4-5H2,1-3H3,(H,14,15). The molecule has 0 saturated heterocycles. The van der Waals surface area contributed by atoms with Gasteiger partial charge in [-0.15, -0.1) is 0 Å². The molecule has 0 spiro atoms. The average molecular weight is 236 g/mol. The lowest BCUT2D eigenvalue weighted by atomic mass is 10.1. The summed E-state index contributed by atoms with van der Waals surface area (Å²) in [5.74, 6) is -0.428. The van der Waals surface area contributed by atoms with Gasteiger partial charge < -0.3 is 9.84 Å². The highest BCUT2D eigenvalue weighted by atomic mass is 16.5. The smallest absolute Gasteiger partial charge is 0.328 e. The first-order chi connectivity index (χ1) is 7.97. The molecule has 1 heterocycles. The number of rotatable bonds is 4. The van der Waals surface area contributed by atoms with Crippen molar-refractivity contribution in [1.82, 2.24) is 0 Å². The van der Waals surface area contributed by atoms with E-state index in [1.807, 2.05) is 6.92 Å². The first-order valence-electron chi connectivity index (χ1n) is 5.51. The van der Waals surface area contributed by atoms with Gasteiger partial charge in [0.2, 0.25) is 5.78 Å². The molecule has 0 radical (unpaired) electrons. The summed E-state index contributed by atoms with van der Waals surface area (Å²) in [6.45, 7) is 5.56. The Hall–Kier alpha value is -1.84. The van der Waals surface area contributed by atoms with Crippen LogP contribution in [0.15, 0.2) is 34.8 Å². The second-order valence-electron chi connectivity index (χ2n) is 4.02. The highest BCUT2D eigenvalue weighted by Crippen LogP contribution is 2.30. The van der Waals surface area contributed by atoms with Crippen LogP contribution in [0.1, 0.15) is 33.6 Å². The van der Waals surface area contributed by atoms with Crippen molar-refractivity contribution in [3.63, 3.8) is 0 Å². The fourth-order valence-electron chi connectivity index (χ4n) is 1.54. The van der Waals surface area contributed by atoms with Crippen LogP contribution < -0.4 is 0 Å². The van der Waals surface area contributed by atoms with Crippen LogP contribution in [0.4, 0.5) is 0 Å². The molecular weight excluding hydrogens is 220 g/mol. The van der Waals surface area contributed by atoms with Crippen molar-refractivity contribution in [3.8, 4) is 0 Å². The number of carboxylic acid groups (broad SMARTS) is 1. The number of carboxylic acids is 1. The van der Waals surface area contributed by atoms with E-state index >= 15 is 0 Å². The van der Waals surface area contributed by atoms with E-state index in [2.05, 4.69) is 0 Å². The van der Waals surface area contributed by atoms with Crippen molar-refractivity contribution in [2.24, 2.45) is 0 Å². The van der Waals surface area contributed by atoms with Crippen LogP contribution in [0, 0.1) is 0 Å². The summed E-state index contributed by atoms with van der Waals surface area (Å²) in [6, 6.07) is 0. The maximum Gasteiger partial charge on any atom is 0.328 e. The van der Waals surface area contributed by atoms with E-state index < -0.39 is 5.97 Å². The molecule has 0 fully saturated rings. The molecule has 4 heteroatoms. The summed E-state index contributed by atoms with van der Waals surface area (Å²) in [6.07, 6.45) is 3.73. The summed E-state index contributed by atoms with van der Waals surface area (Å²) in [5.41, 5.74) is 1.15. The van der Waals surface area contributed by atoms with Gasteiger partial charge in [-0.3, -0.25) is 4.79 Å². The summed E-state index contributed by atoms with van der Waals surface area (Å²) >= 11 is 0. The van der Waals surface area contributed by atoms with Gasteiger partial charge >= 0.3 is 5.97 Å². The summed E-state index contributed by atoms with van der Waals surface area (Å²) in [5, 5.41) is 8.58. The number of aliphatic carboxylic acids is 1. The molecule has 17 heavy (non-hydrogen) atoms. The van der Waals surface area contributed by atoms with Gasteiger partial charge in [0.25, 0.3) is 0 Å². The Morgan fingerprint density at radius 1 is 1.41 bits per heavy atom. The summed E-state index contributed by atoms with van der Waals surface area (Å²) in [4.78, 5) is 22.4. The first-order valence-corrected chi connectivity index (χ1v) is 5.51. The Balaban J connectivity index is 3.09. The van der Waals surface area contributed by atoms with Crippen molar-refractivity contribution in [2.45, 2.75) is 33.6 Å². The van der Waals surface area contributed by atoms with E-state index in [9.17, 15) is 9.59 Å². The second kappa shape index (κ2) is 5.48. The van der Waals surface area contributed by atoms with E-state index in [1.165, 1.54) is 6.08 Å². The van der Waals surface area contributed by atoms with Gasteiger partial charge in [-0.2, -0.15) is 0 Å². The molecule has 1 aliphatic heterocycles. The van der Waals surface area contributed by atoms with Crippen molar-refractivity contribution < 1.29 is 19.4 Å². The van der Waals surface area contributed by atoms with Crippen LogP contribution in [0.3, 0.4) is 0 Å². The Bertz CT molecular complexity index is 434. The lowest BCUT2D eigenvalue weighted by molar-refractivity contribution is -0.131. The van der Waals surface area contributed by atoms with Crippen LogP contribution in [-0.2, 0) is 14.3 Å². The number of hydrogen-bond donors (Lipinski definition) is 1. The molecule has 92 valence electrons. The van der Waals surface area contributed by atoms with Gasteiger partial charge in [0.15, 0.2) is 5.76 Å². The zero-order valence-electron chi connectivity index (χ0n) is 10.2. The zero-order chi connectivity index (χ0) is 13.0. The minimum atomic E-state index is -1.08. The lowest BCUT2D eigenvalue weighted by Crippen LogP contribution is -2.00. The van der Waals surface area contributed by atoms with E-state index in [4.69, 9.17) is 9.84 Å². The fourth-order valence-corrected chi connectivity index (χ4v) is 1.54. The molecule has 0 aromatic rings. The van der Waals surface area contributed by atoms with E-state index in [0.29, 0.717) is 23.5 Å². The molecule has 0 atom stereocenters. The number of hydrogen-bond acceptors (Lipinski definition) is 3. The van der Waals surface area contributed by atoms with Gasteiger partial charge in [0, 0.05) is 12.5 Å². The predicted octanol–water partition coefficient (Wildman–Crippen LogP) is 2.57. The first kappa shape index (κ1) is 13.2. The maximum atomic E-state index is 12.0. The lowest BCUT2D eigenvalue weighted by Gasteiger charge is -2.03. The molecule has 4 nitrogen and oxygen atoms in total. The van der Waals surface area contributed by atoms with E-state index in [-0.39, 0.29) is 5.78 Å². The maximum absolute atomic E-state index is 12.0. The van der Waals surface area contributed by atoms with Crippen LogP contribution in [0.5, 0.6) is 0 Å². The van der Waals surface area contributed by atoms with Gasteiger partial charge in [-0.25, -0.2) is 4.79 Å². The number of carbonyl (C=O) groups is 2. The Kier molecular flexibility index (Phi) is 4.26. The van der Waals surface area contributed by atoms with Crippen molar-refractivity contribution in [3.05, 3.63) is 34.8 Å². The molecule has 0 aromatic carbocycles. The van der Waals surface area contributed by atoms with Crippen molar-refractivity contribution in [2.75, 3.05) is 0 Å². The largest absolute Gasteiger partial charge is 0.478 e. The Morgan fingerprint density at radius 3 is 2.53 bits per heavy atom. The van der Waals surface area contributed by atoms with Gasteiger partial charge in [0.1, 0.15) is 5.76 Å². The number of ether oxygens (including phenoxy) is 1. The topological polar surface area (TPSA) is 63.6 Å². The molecule has 0 aliphatic carbocycles. The molecule has 0 amide bonds. The van der Waals surface area contributed by atoms with Crippen LogP contribution in [0.2, 0.25) is 0 Å². The Labute approximate surface area is 100 Å². The van der Waals surface area contributed by atoms with E-state index in [1.54, 1.807) is 13.8 Å². The number of carbonyl (C=O) groups excluding carboxylic acids is 1. The van der Waals surface area contributed by atoms with Crippen LogP contribution >= 0.6 is 0 Å². The highest BCUT2D eigenvalue weighted by Gasteiger charge is 2.28. The Morgan fingerprint density at radius 2 is 2.06 bits per heavy atom. The van der Waals surface area contributed by atoms with Crippen LogP contribution in [0.25, 0.3) is 0 Å². The molecule has 0 aromatic heterocycles. The monoisotopic (exact) mass is 236 g/mol. The normalized spacial score (nSPS) is 15.7. The molecule has 1 aliphatic rings. The quantitative estimate of drug-likeness (QED) is 0.762. The minimum absolute atomic E-state index is 0.231. The van der Waals surface area contributed by atoms with Gasteiger partial charge in [-0.1, -0.05) is 6.92 Å². The molecule has 0 bridgehead atoms. The van der Waals surface area contributed by atoms with Gasteiger partial charge in [0.05, 0.1) is 5.57 Å². The molecular formula is C13H16O4.